The Hall–Kier alpha value is -5.34. The molecular weight excluding hydrogens is 510 g/mol. The zero-order chi connectivity index (χ0) is 27.9. The predicted octanol–water partition coefficient (Wildman–Crippen LogP) is 11.4. The minimum atomic E-state index is 0.904. The Morgan fingerprint density at radius 3 is 2.02 bits per heavy atom. The molecule has 8 rings (SSSR count). The van der Waals surface area contributed by atoms with Gasteiger partial charge >= 0.3 is 0 Å². The lowest BCUT2D eigenvalue weighted by Crippen LogP contribution is -2.16. The number of hydrogen-bond acceptors (Lipinski definition) is 2. The number of hydrogen-bond donors (Lipinski definition) is 0. The number of para-hydroxylation sites is 1. The number of anilines is 2. The van der Waals surface area contributed by atoms with E-state index in [-0.39, 0.29) is 0 Å². The van der Waals surface area contributed by atoms with Crippen molar-refractivity contribution in [2.24, 2.45) is 0 Å². The molecule has 0 fully saturated rings. The van der Waals surface area contributed by atoms with Crippen LogP contribution in [0.4, 0.5) is 11.4 Å². The summed E-state index contributed by atoms with van der Waals surface area (Å²) >= 11 is 0. The van der Waals surface area contributed by atoms with Crippen molar-refractivity contribution < 1.29 is 4.42 Å². The third-order valence-corrected chi connectivity index (χ3v) is 8.25. The Bertz CT molecular complexity index is 2130. The van der Waals surface area contributed by atoms with E-state index in [4.69, 9.17) is 4.42 Å². The first-order chi connectivity index (χ1) is 20.8. The molecule has 0 N–H and O–H groups in total. The molecule has 1 heterocycles. The van der Waals surface area contributed by atoms with Crippen molar-refractivity contribution in [3.8, 4) is 22.3 Å². The summed E-state index contributed by atoms with van der Waals surface area (Å²) in [7, 11) is 0. The number of allylic oxidation sites excluding steroid dienone is 3. The molecule has 6 aromatic carbocycles. The molecule has 0 atom stereocenters. The van der Waals surface area contributed by atoms with Gasteiger partial charge in [0.25, 0.3) is 0 Å². The van der Waals surface area contributed by atoms with Gasteiger partial charge in [-0.1, -0.05) is 103 Å². The summed E-state index contributed by atoms with van der Waals surface area (Å²) in [6, 6.07) is 47.5. The molecule has 0 amide bonds. The van der Waals surface area contributed by atoms with Crippen LogP contribution in [0.2, 0.25) is 0 Å². The Balaban J connectivity index is 1.26. The molecule has 7 aromatic rings. The lowest BCUT2D eigenvalue weighted by molar-refractivity contribution is 0.673. The number of nitrogens with zero attached hydrogens (tertiary/aromatic N) is 1. The molecule has 0 bridgehead atoms. The summed E-state index contributed by atoms with van der Waals surface area (Å²) < 4.78 is 6.63. The van der Waals surface area contributed by atoms with Crippen LogP contribution in [0.15, 0.2) is 162 Å². The van der Waals surface area contributed by atoms with Crippen LogP contribution in [0.25, 0.3) is 55.0 Å². The first kappa shape index (κ1) is 24.5. The van der Waals surface area contributed by atoms with Crippen LogP contribution in [0.3, 0.4) is 0 Å². The second kappa shape index (κ2) is 10.2. The molecule has 2 nitrogen and oxygen atoms in total. The fourth-order valence-corrected chi connectivity index (χ4v) is 6.25. The summed E-state index contributed by atoms with van der Waals surface area (Å²) in [5, 5.41) is 4.63. The van der Waals surface area contributed by atoms with Crippen molar-refractivity contribution in [3.05, 3.63) is 157 Å². The van der Waals surface area contributed by atoms with E-state index in [2.05, 4.69) is 157 Å². The number of rotatable bonds is 5. The maximum absolute atomic E-state index is 6.63. The number of benzene rings is 6. The van der Waals surface area contributed by atoms with Gasteiger partial charge in [-0.25, -0.2) is 0 Å². The van der Waals surface area contributed by atoms with Crippen LogP contribution in [-0.4, -0.2) is 0 Å². The van der Waals surface area contributed by atoms with Crippen LogP contribution in [0, 0.1) is 0 Å². The van der Waals surface area contributed by atoms with Crippen molar-refractivity contribution in [1.29, 1.82) is 0 Å². The zero-order valence-electron chi connectivity index (χ0n) is 23.2. The van der Waals surface area contributed by atoms with E-state index in [1.807, 2.05) is 0 Å². The molecule has 200 valence electrons. The van der Waals surface area contributed by atoms with Gasteiger partial charge in [-0.3, -0.25) is 0 Å². The minimum absolute atomic E-state index is 0.904. The highest BCUT2D eigenvalue weighted by atomic mass is 16.3. The smallest absolute Gasteiger partial charge is 0.143 e. The van der Waals surface area contributed by atoms with Crippen molar-refractivity contribution >= 4 is 44.1 Å². The Labute approximate surface area is 245 Å². The second-order valence-corrected chi connectivity index (χ2v) is 10.9. The van der Waals surface area contributed by atoms with Gasteiger partial charge < -0.3 is 9.32 Å². The first-order valence-electron chi connectivity index (χ1n) is 14.6. The molecule has 42 heavy (non-hydrogen) atoms. The summed E-state index contributed by atoms with van der Waals surface area (Å²) in [6.07, 6.45) is 8.97. The van der Waals surface area contributed by atoms with Crippen molar-refractivity contribution in [1.82, 2.24) is 0 Å². The van der Waals surface area contributed by atoms with Crippen LogP contribution in [0.1, 0.15) is 12.8 Å². The SMILES string of the molecule is C1=CC(N(c2ccccc2)c2cccc(-c3ccc4c(c3)oc3c5ccccc5c(-c5ccccc5)cc43)c2)=CCC1. The summed E-state index contributed by atoms with van der Waals surface area (Å²) in [6.45, 7) is 0. The normalized spacial score (nSPS) is 13.1. The van der Waals surface area contributed by atoms with E-state index in [1.54, 1.807) is 0 Å². The molecule has 1 aliphatic carbocycles. The minimum Gasteiger partial charge on any atom is -0.455 e. The number of furan rings is 1. The van der Waals surface area contributed by atoms with Crippen LogP contribution >= 0.6 is 0 Å². The molecule has 1 aromatic heterocycles. The lowest BCUT2D eigenvalue weighted by atomic mass is 9.95. The molecule has 2 heteroatoms. The first-order valence-corrected chi connectivity index (χ1v) is 14.6. The van der Waals surface area contributed by atoms with Gasteiger partial charge in [-0.05, 0) is 89.0 Å². The fourth-order valence-electron chi connectivity index (χ4n) is 6.25. The van der Waals surface area contributed by atoms with Gasteiger partial charge in [0.1, 0.15) is 11.2 Å². The van der Waals surface area contributed by atoms with E-state index in [0.29, 0.717) is 0 Å². The largest absolute Gasteiger partial charge is 0.455 e. The van der Waals surface area contributed by atoms with Crippen LogP contribution in [-0.2, 0) is 0 Å². The predicted molar refractivity (Wildman–Crippen MR) is 177 cm³/mol. The van der Waals surface area contributed by atoms with Crippen molar-refractivity contribution in [2.75, 3.05) is 4.90 Å². The monoisotopic (exact) mass is 539 g/mol. The quantitative estimate of drug-likeness (QED) is 0.216. The highest BCUT2D eigenvalue weighted by molar-refractivity contribution is 6.19. The van der Waals surface area contributed by atoms with Crippen molar-refractivity contribution in [3.63, 3.8) is 0 Å². The molecule has 0 saturated carbocycles. The Morgan fingerprint density at radius 1 is 0.500 bits per heavy atom. The van der Waals surface area contributed by atoms with Gasteiger partial charge in [0.05, 0.1) is 0 Å². The third-order valence-electron chi connectivity index (χ3n) is 8.25. The molecule has 0 aliphatic heterocycles. The second-order valence-electron chi connectivity index (χ2n) is 10.9. The highest BCUT2D eigenvalue weighted by Crippen LogP contribution is 2.41. The number of fused-ring (bicyclic) bond motifs is 5. The van der Waals surface area contributed by atoms with Crippen LogP contribution in [0.5, 0.6) is 0 Å². The van der Waals surface area contributed by atoms with Crippen LogP contribution < -0.4 is 4.90 Å². The molecule has 0 spiro atoms. The van der Waals surface area contributed by atoms with Gasteiger partial charge in [0.2, 0.25) is 0 Å². The van der Waals surface area contributed by atoms with E-state index < -0.39 is 0 Å². The Morgan fingerprint density at radius 2 is 1.21 bits per heavy atom. The summed E-state index contributed by atoms with van der Waals surface area (Å²) in [5.74, 6) is 0. The zero-order valence-corrected chi connectivity index (χ0v) is 23.2. The van der Waals surface area contributed by atoms with Gasteiger partial charge in [0, 0.05) is 33.2 Å². The van der Waals surface area contributed by atoms with E-state index >= 15 is 0 Å². The van der Waals surface area contributed by atoms with Crippen molar-refractivity contribution in [2.45, 2.75) is 12.8 Å². The van der Waals surface area contributed by atoms with E-state index in [9.17, 15) is 0 Å². The summed E-state index contributed by atoms with van der Waals surface area (Å²) in [4.78, 5) is 2.34. The third kappa shape index (κ3) is 4.20. The molecular formula is C40H29NO. The fraction of sp³-hybridized carbons (Fsp3) is 0.0500. The molecule has 0 saturated heterocycles. The van der Waals surface area contributed by atoms with E-state index in [0.717, 1.165) is 62.7 Å². The summed E-state index contributed by atoms with van der Waals surface area (Å²) in [5.41, 5.74) is 10.1. The van der Waals surface area contributed by atoms with E-state index in [1.165, 1.54) is 22.2 Å². The molecule has 0 radical (unpaired) electrons. The lowest BCUT2D eigenvalue weighted by Gasteiger charge is -2.28. The highest BCUT2D eigenvalue weighted by Gasteiger charge is 2.17. The van der Waals surface area contributed by atoms with Gasteiger partial charge in [-0.2, -0.15) is 0 Å². The molecule has 1 aliphatic rings. The standard InChI is InChI=1S/C40H29NO/c1-4-13-28(14-5-1)37-27-38-35-24-23-30(26-39(35)42-40(38)36-22-11-10-21-34(36)37)29-15-12-20-33(25-29)41(31-16-6-2-7-17-31)32-18-8-3-9-19-32/h1-2,4-8,10-27H,3,9H2. The average molecular weight is 540 g/mol. The average Bonchev–Trinajstić information content (AvgIpc) is 3.44. The topological polar surface area (TPSA) is 16.4 Å². The maximum atomic E-state index is 6.63. The van der Waals surface area contributed by atoms with Gasteiger partial charge in [0.15, 0.2) is 0 Å². The van der Waals surface area contributed by atoms with Gasteiger partial charge in [-0.15, -0.1) is 0 Å². The molecule has 0 unspecified atom stereocenters. The maximum Gasteiger partial charge on any atom is 0.143 e. The Kier molecular flexibility index (Phi) is 5.97.